The molecule has 0 radical (unpaired) electrons. The predicted molar refractivity (Wildman–Crippen MR) is 95.5 cm³/mol. The number of rotatable bonds is 5. The Morgan fingerprint density at radius 2 is 2.07 bits per heavy atom. The summed E-state index contributed by atoms with van der Waals surface area (Å²) in [4.78, 5) is 38.0. The van der Waals surface area contributed by atoms with Crippen molar-refractivity contribution in [3.05, 3.63) is 34.9 Å². The van der Waals surface area contributed by atoms with E-state index in [0.717, 1.165) is 11.1 Å². The third-order valence-corrected chi connectivity index (χ3v) is 5.69. The molecule has 3 N–H and O–H groups in total. The number of benzene rings is 1. The fraction of sp³-hybridized carbons (Fsp3) is 0.526. The summed E-state index contributed by atoms with van der Waals surface area (Å²) in [6.45, 7) is 0.701. The van der Waals surface area contributed by atoms with Crippen molar-refractivity contribution in [3.8, 4) is 0 Å². The summed E-state index contributed by atoms with van der Waals surface area (Å²) in [5.41, 5.74) is 2.06. The number of hydrogen-bond donors (Lipinski definition) is 3. The lowest BCUT2D eigenvalue weighted by molar-refractivity contribution is -0.136. The van der Waals surface area contributed by atoms with Gasteiger partial charge in [0.1, 0.15) is 6.04 Å². The van der Waals surface area contributed by atoms with Crippen LogP contribution in [0.1, 0.15) is 34.3 Å². The highest BCUT2D eigenvalue weighted by molar-refractivity contribution is 6.05. The molecule has 150 valence electrons. The molecule has 0 spiro atoms. The summed E-state index contributed by atoms with van der Waals surface area (Å²) < 4.78 is 27.4. The molecule has 1 aromatic rings. The molecule has 1 aromatic carbocycles. The van der Waals surface area contributed by atoms with Crippen molar-refractivity contribution in [2.45, 2.75) is 37.9 Å². The van der Waals surface area contributed by atoms with E-state index in [9.17, 15) is 23.2 Å². The molecule has 2 atom stereocenters. The fourth-order valence-corrected chi connectivity index (χ4v) is 4.15. The van der Waals surface area contributed by atoms with Crippen LogP contribution in [-0.2, 0) is 22.7 Å². The number of fused-ring (bicyclic) bond motifs is 1. The van der Waals surface area contributed by atoms with Gasteiger partial charge in [0.25, 0.3) is 11.8 Å². The van der Waals surface area contributed by atoms with Gasteiger partial charge in [-0.25, -0.2) is 8.78 Å². The number of nitrogens with one attached hydrogen (secondary N) is 3. The van der Waals surface area contributed by atoms with E-state index in [1.54, 1.807) is 6.07 Å². The maximum absolute atomic E-state index is 13.7. The van der Waals surface area contributed by atoms with Gasteiger partial charge in [0, 0.05) is 44.1 Å². The number of hydrogen-bond acceptors (Lipinski definition) is 5. The summed E-state index contributed by atoms with van der Waals surface area (Å²) in [6, 6.07) is 4.78. The minimum absolute atomic E-state index is 0.148. The second-order valence-electron chi connectivity index (χ2n) is 7.57. The number of alkyl halides is 2. The smallest absolute Gasteiger partial charge is 0.265 e. The molecule has 2 fully saturated rings. The van der Waals surface area contributed by atoms with Crippen LogP contribution in [0.2, 0.25) is 0 Å². The van der Waals surface area contributed by atoms with E-state index in [0.29, 0.717) is 25.1 Å². The minimum Gasteiger partial charge on any atom is -0.322 e. The van der Waals surface area contributed by atoms with E-state index in [2.05, 4.69) is 16.0 Å². The van der Waals surface area contributed by atoms with Crippen LogP contribution in [0.3, 0.4) is 0 Å². The van der Waals surface area contributed by atoms with Crippen molar-refractivity contribution in [1.82, 2.24) is 20.9 Å². The Balaban J connectivity index is 1.45. The number of piperidine rings is 1. The van der Waals surface area contributed by atoms with Gasteiger partial charge in [-0.05, 0) is 17.5 Å². The number of amides is 3. The summed E-state index contributed by atoms with van der Waals surface area (Å²) in [5, 5.41) is 8.02. The number of carbonyl (C=O) groups excluding carboxylic acids is 3. The van der Waals surface area contributed by atoms with Gasteiger partial charge in [0.2, 0.25) is 11.8 Å². The Bertz CT molecular complexity index is 829. The average Bonchev–Trinajstić information content (AvgIpc) is 3.15. The van der Waals surface area contributed by atoms with Crippen LogP contribution in [0.15, 0.2) is 18.2 Å². The molecule has 0 bridgehead atoms. The Hall–Kier alpha value is -2.39. The third kappa shape index (κ3) is 3.40. The average molecular weight is 392 g/mol. The summed E-state index contributed by atoms with van der Waals surface area (Å²) >= 11 is 0. The van der Waals surface area contributed by atoms with Crippen LogP contribution in [-0.4, -0.2) is 54.2 Å². The highest BCUT2D eigenvalue weighted by Gasteiger charge is 2.43. The first-order valence-electron chi connectivity index (χ1n) is 9.41. The lowest BCUT2D eigenvalue weighted by Gasteiger charge is -2.29. The van der Waals surface area contributed by atoms with Crippen molar-refractivity contribution in [2.75, 3.05) is 19.6 Å². The molecule has 0 aromatic heterocycles. The molecule has 9 heteroatoms. The lowest BCUT2D eigenvalue weighted by atomic mass is 10.0. The van der Waals surface area contributed by atoms with E-state index in [4.69, 9.17) is 0 Å². The fourth-order valence-electron chi connectivity index (χ4n) is 4.15. The zero-order chi connectivity index (χ0) is 19.9. The molecule has 0 saturated carbocycles. The van der Waals surface area contributed by atoms with Gasteiger partial charge in [-0.2, -0.15) is 0 Å². The minimum atomic E-state index is -2.73. The van der Waals surface area contributed by atoms with Crippen LogP contribution in [0.25, 0.3) is 0 Å². The van der Waals surface area contributed by atoms with Crippen molar-refractivity contribution in [2.24, 2.45) is 5.92 Å². The van der Waals surface area contributed by atoms with Crippen LogP contribution < -0.4 is 16.0 Å². The normalized spacial score (nSPS) is 26.5. The molecule has 2 unspecified atom stereocenters. The van der Waals surface area contributed by atoms with E-state index >= 15 is 0 Å². The van der Waals surface area contributed by atoms with Gasteiger partial charge in [0.15, 0.2) is 0 Å². The van der Waals surface area contributed by atoms with Crippen molar-refractivity contribution in [3.63, 3.8) is 0 Å². The molecule has 3 aliphatic rings. The standard InChI is InChI=1S/C19H22F2N4O3/c20-19(21)10-23-8-13(19)7-22-6-11-2-1-3-12-9-25(18(28)16(11)12)14-4-5-15(26)24-17(14)27/h1-3,13-14,22-23H,4-10H2,(H,24,26,27). The Kier molecular flexibility index (Phi) is 4.88. The van der Waals surface area contributed by atoms with Gasteiger partial charge in [0.05, 0.1) is 6.54 Å². The first-order chi connectivity index (χ1) is 13.4. The van der Waals surface area contributed by atoms with Crippen LogP contribution in [0, 0.1) is 5.92 Å². The van der Waals surface area contributed by atoms with Crippen LogP contribution in [0.5, 0.6) is 0 Å². The molecule has 3 heterocycles. The molecule has 28 heavy (non-hydrogen) atoms. The maximum Gasteiger partial charge on any atom is 0.265 e. The summed E-state index contributed by atoms with van der Waals surface area (Å²) in [6.07, 6.45) is 0.510. The Morgan fingerprint density at radius 1 is 1.25 bits per heavy atom. The number of imide groups is 1. The van der Waals surface area contributed by atoms with Crippen molar-refractivity contribution < 1.29 is 23.2 Å². The first-order valence-corrected chi connectivity index (χ1v) is 9.41. The van der Waals surface area contributed by atoms with Gasteiger partial charge >= 0.3 is 0 Å². The van der Waals surface area contributed by atoms with Crippen molar-refractivity contribution >= 4 is 17.7 Å². The summed E-state index contributed by atoms with van der Waals surface area (Å²) in [7, 11) is 0. The predicted octanol–water partition coefficient (Wildman–Crippen LogP) is 0.392. The summed E-state index contributed by atoms with van der Waals surface area (Å²) in [5.74, 6) is -4.54. The Labute approximate surface area is 160 Å². The SMILES string of the molecule is O=C1CCC(N2Cc3cccc(CNCC4CNCC4(F)F)c3C2=O)C(=O)N1. The highest BCUT2D eigenvalue weighted by atomic mass is 19.3. The monoisotopic (exact) mass is 392 g/mol. The maximum atomic E-state index is 13.7. The molecule has 0 aliphatic carbocycles. The molecule has 3 aliphatic heterocycles. The van der Waals surface area contributed by atoms with Crippen molar-refractivity contribution in [1.29, 1.82) is 0 Å². The quantitative estimate of drug-likeness (QED) is 0.631. The van der Waals surface area contributed by atoms with E-state index in [1.165, 1.54) is 4.90 Å². The first kappa shape index (κ1) is 18.9. The molecule has 7 nitrogen and oxygen atoms in total. The third-order valence-electron chi connectivity index (χ3n) is 5.69. The zero-order valence-electron chi connectivity index (χ0n) is 15.3. The molecular weight excluding hydrogens is 370 g/mol. The van der Waals surface area contributed by atoms with Crippen LogP contribution >= 0.6 is 0 Å². The molecule has 2 saturated heterocycles. The topological polar surface area (TPSA) is 90.5 Å². The highest BCUT2D eigenvalue weighted by Crippen LogP contribution is 2.30. The van der Waals surface area contributed by atoms with E-state index in [-0.39, 0.29) is 37.9 Å². The van der Waals surface area contributed by atoms with Crippen LogP contribution in [0.4, 0.5) is 8.78 Å². The van der Waals surface area contributed by atoms with Gasteiger partial charge in [-0.15, -0.1) is 0 Å². The van der Waals surface area contributed by atoms with Gasteiger partial charge in [-0.3, -0.25) is 19.7 Å². The Morgan fingerprint density at radius 3 is 2.79 bits per heavy atom. The van der Waals surface area contributed by atoms with E-state index in [1.807, 2.05) is 12.1 Å². The number of nitrogens with zero attached hydrogens (tertiary/aromatic N) is 1. The number of carbonyl (C=O) groups is 3. The number of halogens is 2. The van der Waals surface area contributed by atoms with Gasteiger partial charge in [-0.1, -0.05) is 18.2 Å². The molecule has 3 amide bonds. The largest absolute Gasteiger partial charge is 0.322 e. The molecule has 4 rings (SSSR count). The second-order valence-corrected chi connectivity index (χ2v) is 7.57. The zero-order valence-corrected chi connectivity index (χ0v) is 15.3. The van der Waals surface area contributed by atoms with E-state index < -0.39 is 23.8 Å². The lowest BCUT2D eigenvalue weighted by Crippen LogP contribution is -2.52. The molecular formula is C19H22F2N4O3. The van der Waals surface area contributed by atoms with Gasteiger partial charge < -0.3 is 15.5 Å². The second kappa shape index (κ2) is 7.21.